The number of rotatable bonds is 4. The normalized spacial score (nSPS) is 15.9. The van der Waals surface area contributed by atoms with Crippen LogP contribution in [0.15, 0.2) is 0 Å². The Kier molecular flexibility index (Phi) is 3.66. The van der Waals surface area contributed by atoms with Crippen molar-refractivity contribution in [2.24, 2.45) is 0 Å². The second-order valence-corrected chi connectivity index (χ2v) is 4.68. The minimum absolute atomic E-state index is 0.0343. The molecular weight excluding hydrogens is 222 g/mol. The van der Waals surface area contributed by atoms with Gasteiger partial charge in [-0.2, -0.15) is 11.8 Å². The van der Waals surface area contributed by atoms with Gasteiger partial charge >= 0.3 is 0 Å². The lowest BCUT2D eigenvalue weighted by atomic mass is 10.2. The fourth-order valence-corrected chi connectivity index (χ4v) is 2.83. The van der Waals surface area contributed by atoms with Crippen molar-refractivity contribution in [2.45, 2.75) is 31.5 Å². The van der Waals surface area contributed by atoms with Crippen LogP contribution in [0.25, 0.3) is 0 Å². The van der Waals surface area contributed by atoms with Crippen molar-refractivity contribution in [3.8, 4) is 0 Å². The molecule has 1 aromatic rings. The summed E-state index contributed by atoms with van der Waals surface area (Å²) in [6.45, 7) is 4.66. The maximum Gasteiger partial charge on any atom is 0.159 e. The molecule has 1 aliphatic rings. The molecular formula is C11H17N3OS. The molecule has 0 aromatic carbocycles. The van der Waals surface area contributed by atoms with Gasteiger partial charge in [-0.15, -0.1) is 0 Å². The van der Waals surface area contributed by atoms with Crippen LogP contribution >= 0.6 is 11.8 Å². The highest BCUT2D eigenvalue weighted by molar-refractivity contribution is 7.98. The molecule has 0 aliphatic carbocycles. The second-order valence-electron chi connectivity index (χ2n) is 3.70. The molecule has 0 bridgehead atoms. The van der Waals surface area contributed by atoms with Gasteiger partial charge in [0.15, 0.2) is 5.82 Å². The van der Waals surface area contributed by atoms with Crippen molar-refractivity contribution < 1.29 is 4.74 Å². The van der Waals surface area contributed by atoms with E-state index in [1.807, 2.05) is 32.7 Å². The summed E-state index contributed by atoms with van der Waals surface area (Å²) in [6, 6.07) is 0. The zero-order chi connectivity index (χ0) is 11.5. The van der Waals surface area contributed by atoms with E-state index in [1.165, 1.54) is 5.56 Å². The number of hydrogen-bond acceptors (Lipinski definition) is 5. The quantitative estimate of drug-likeness (QED) is 0.874. The SMILES string of the molecule is CCOC(C)c1nc2c(c(NC)n1)CSC2. The van der Waals surface area contributed by atoms with Crippen molar-refractivity contribution in [3.63, 3.8) is 0 Å². The summed E-state index contributed by atoms with van der Waals surface area (Å²) >= 11 is 1.88. The molecule has 0 saturated carbocycles. The Labute approximate surface area is 100 Å². The highest BCUT2D eigenvalue weighted by Crippen LogP contribution is 2.33. The van der Waals surface area contributed by atoms with Crippen molar-refractivity contribution >= 4 is 17.6 Å². The molecule has 2 heterocycles. The van der Waals surface area contributed by atoms with Crippen molar-refractivity contribution in [1.29, 1.82) is 0 Å². The fourth-order valence-electron chi connectivity index (χ4n) is 1.78. The van der Waals surface area contributed by atoms with E-state index in [4.69, 9.17) is 4.74 Å². The van der Waals surface area contributed by atoms with Crippen molar-refractivity contribution in [3.05, 3.63) is 17.1 Å². The third-order valence-corrected chi connectivity index (χ3v) is 3.58. The number of nitrogens with one attached hydrogen (secondary N) is 1. The van der Waals surface area contributed by atoms with E-state index in [0.29, 0.717) is 6.61 Å². The largest absolute Gasteiger partial charge is 0.373 e. The summed E-state index contributed by atoms with van der Waals surface area (Å²) in [7, 11) is 1.90. The smallest absolute Gasteiger partial charge is 0.159 e. The van der Waals surface area contributed by atoms with Crippen molar-refractivity contribution in [1.82, 2.24) is 9.97 Å². The number of anilines is 1. The van der Waals surface area contributed by atoms with E-state index in [-0.39, 0.29) is 6.10 Å². The lowest BCUT2D eigenvalue weighted by Crippen LogP contribution is -2.10. The molecule has 0 fully saturated rings. The van der Waals surface area contributed by atoms with Gasteiger partial charge in [0.05, 0.1) is 5.69 Å². The highest BCUT2D eigenvalue weighted by atomic mass is 32.2. The molecule has 5 heteroatoms. The first-order valence-electron chi connectivity index (χ1n) is 5.53. The highest BCUT2D eigenvalue weighted by Gasteiger charge is 2.21. The summed E-state index contributed by atoms with van der Waals surface area (Å²) in [5.41, 5.74) is 2.41. The first-order chi connectivity index (χ1) is 7.76. The van der Waals surface area contributed by atoms with E-state index in [0.717, 1.165) is 28.8 Å². The lowest BCUT2D eigenvalue weighted by molar-refractivity contribution is 0.0700. The van der Waals surface area contributed by atoms with Crippen LogP contribution < -0.4 is 5.32 Å². The monoisotopic (exact) mass is 239 g/mol. The van der Waals surface area contributed by atoms with Gasteiger partial charge in [0.25, 0.3) is 0 Å². The Bertz CT molecular complexity index is 384. The summed E-state index contributed by atoms with van der Waals surface area (Å²) in [5.74, 6) is 3.73. The fraction of sp³-hybridized carbons (Fsp3) is 0.636. The van der Waals surface area contributed by atoms with Crippen LogP contribution in [0.1, 0.15) is 37.0 Å². The van der Waals surface area contributed by atoms with Gasteiger partial charge in [0.1, 0.15) is 11.9 Å². The third-order valence-electron chi connectivity index (χ3n) is 2.61. The maximum absolute atomic E-state index is 5.53. The van der Waals surface area contributed by atoms with Crippen molar-refractivity contribution in [2.75, 3.05) is 19.0 Å². The Morgan fingerprint density at radius 2 is 2.25 bits per heavy atom. The van der Waals surface area contributed by atoms with Gasteiger partial charge in [-0.3, -0.25) is 0 Å². The molecule has 2 rings (SSSR count). The predicted molar refractivity (Wildman–Crippen MR) is 66.6 cm³/mol. The van der Waals surface area contributed by atoms with Gasteiger partial charge in [-0.25, -0.2) is 9.97 Å². The molecule has 1 unspecified atom stereocenters. The van der Waals surface area contributed by atoms with Crippen LogP contribution in [-0.2, 0) is 16.2 Å². The molecule has 1 atom stereocenters. The number of fused-ring (bicyclic) bond motifs is 1. The maximum atomic E-state index is 5.53. The van der Waals surface area contributed by atoms with E-state index < -0.39 is 0 Å². The molecule has 0 amide bonds. The van der Waals surface area contributed by atoms with E-state index in [2.05, 4.69) is 15.3 Å². The zero-order valence-electron chi connectivity index (χ0n) is 9.91. The molecule has 4 nitrogen and oxygen atoms in total. The van der Waals surface area contributed by atoms with E-state index >= 15 is 0 Å². The number of thioether (sulfide) groups is 1. The lowest BCUT2D eigenvalue weighted by Gasteiger charge is -2.13. The van der Waals surface area contributed by atoms with Gasteiger partial charge in [-0.05, 0) is 13.8 Å². The van der Waals surface area contributed by atoms with Gasteiger partial charge < -0.3 is 10.1 Å². The van der Waals surface area contributed by atoms with E-state index in [1.54, 1.807) is 0 Å². The number of aromatic nitrogens is 2. The first-order valence-corrected chi connectivity index (χ1v) is 6.68. The molecule has 1 aromatic heterocycles. The minimum Gasteiger partial charge on any atom is -0.373 e. The zero-order valence-corrected chi connectivity index (χ0v) is 10.7. The predicted octanol–water partition coefficient (Wildman–Crippen LogP) is 2.36. The number of ether oxygens (including phenoxy) is 1. The number of hydrogen-bond donors (Lipinski definition) is 1. The number of nitrogens with zero attached hydrogens (tertiary/aromatic N) is 2. The average molecular weight is 239 g/mol. The molecule has 0 radical (unpaired) electrons. The van der Waals surface area contributed by atoms with Gasteiger partial charge in [0.2, 0.25) is 0 Å². The molecule has 1 aliphatic heterocycles. The average Bonchev–Trinajstić information content (AvgIpc) is 2.75. The standard InChI is InChI=1S/C11H17N3OS/c1-4-15-7(2)10-13-9-6-16-5-8(9)11(12-3)14-10/h7H,4-6H2,1-3H3,(H,12,13,14). The van der Waals surface area contributed by atoms with Crippen LogP contribution in [-0.4, -0.2) is 23.6 Å². The summed E-state index contributed by atoms with van der Waals surface area (Å²) < 4.78 is 5.53. The van der Waals surface area contributed by atoms with Crippen LogP contribution in [0.5, 0.6) is 0 Å². The molecule has 1 N–H and O–H groups in total. The Hall–Kier alpha value is -0.810. The molecule has 0 spiro atoms. The molecule has 88 valence electrons. The molecule has 0 saturated heterocycles. The second kappa shape index (κ2) is 5.01. The Balaban J connectivity index is 2.34. The summed E-state index contributed by atoms with van der Waals surface area (Å²) in [5, 5.41) is 3.14. The topological polar surface area (TPSA) is 47.0 Å². The molecule has 16 heavy (non-hydrogen) atoms. The third kappa shape index (κ3) is 2.15. The Morgan fingerprint density at radius 1 is 1.44 bits per heavy atom. The van der Waals surface area contributed by atoms with Gasteiger partial charge in [0, 0.05) is 30.7 Å². The van der Waals surface area contributed by atoms with Crippen LogP contribution in [0.2, 0.25) is 0 Å². The minimum atomic E-state index is -0.0343. The van der Waals surface area contributed by atoms with Crippen LogP contribution in [0, 0.1) is 0 Å². The van der Waals surface area contributed by atoms with Crippen LogP contribution in [0.4, 0.5) is 5.82 Å². The van der Waals surface area contributed by atoms with Crippen LogP contribution in [0.3, 0.4) is 0 Å². The Morgan fingerprint density at radius 3 is 2.94 bits per heavy atom. The first kappa shape index (κ1) is 11.7. The van der Waals surface area contributed by atoms with Gasteiger partial charge in [-0.1, -0.05) is 0 Å². The van der Waals surface area contributed by atoms with E-state index in [9.17, 15) is 0 Å². The summed E-state index contributed by atoms with van der Waals surface area (Å²) in [6.07, 6.45) is -0.0343. The summed E-state index contributed by atoms with van der Waals surface area (Å²) in [4.78, 5) is 9.10.